The minimum Gasteiger partial charge on any atom is -0.467 e. The van der Waals surface area contributed by atoms with Gasteiger partial charge in [0, 0.05) is 7.11 Å². The SMILES string of the molecule is COC[C@@H](NC(=O)Cc1ccc2c(c1)CCCC2)C(=O)OC. The second-order valence-corrected chi connectivity index (χ2v) is 5.59. The van der Waals surface area contributed by atoms with Crippen LogP contribution in [-0.4, -0.2) is 38.7 Å². The summed E-state index contributed by atoms with van der Waals surface area (Å²) < 4.78 is 9.59. The number of fused-ring (bicyclic) bond motifs is 1. The molecule has 5 heteroatoms. The third-order valence-corrected chi connectivity index (χ3v) is 3.93. The number of amides is 1. The van der Waals surface area contributed by atoms with Gasteiger partial charge >= 0.3 is 5.97 Å². The first-order chi connectivity index (χ1) is 10.6. The largest absolute Gasteiger partial charge is 0.467 e. The van der Waals surface area contributed by atoms with Gasteiger partial charge in [0.1, 0.15) is 0 Å². The Morgan fingerprint density at radius 3 is 2.59 bits per heavy atom. The van der Waals surface area contributed by atoms with Crippen molar-refractivity contribution in [2.75, 3.05) is 20.8 Å². The fourth-order valence-electron chi connectivity index (χ4n) is 2.81. The van der Waals surface area contributed by atoms with E-state index in [2.05, 4.69) is 22.2 Å². The van der Waals surface area contributed by atoms with Crippen LogP contribution in [0, 0.1) is 0 Å². The van der Waals surface area contributed by atoms with E-state index in [0.717, 1.165) is 18.4 Å². The second kappa shape index (κ2) is 7.94. The zero-order valence-electron chi connectivity index (χ0n) is 13.2. The van der Waals surface area contributed by atoms with Crippen molar-refractivity contribution in [1.82, 2.24) is 5.32 Å². The van der Waals surface area contributed by atoms with E-state index < -0.39 is 12.0 Å². The summed E-state index contributed by atoms with van der Waals surface area (Å²) in [5.41, 5.74) is 3.71. The summed E-state index contributed by atoms with van der Waals surface area (Å²) in [5, 5.41) is 2.66. The summed E-state index contributed by atoms with van der Waals surface area (Å²) in [5.74, 6) is -0.705. The molecule has 120 valence electrons. The molecule has 5 nitrogen and oxygen atoms in total. The molecule has 0 radical (unpaired) electrons. The van der Waals surface area contributed by atoms with Crippen LogP contribution in [0.15, 0.2) is 18.2 Å². The van der Waals surface area contributed by atoms with Crippen LogP contribution < -0.4 is 5.32 Å². The van der Waals surface area contributed by atoms with Gasteiger partial charge < -0.3 is 14.8 Å². The van der Waals surface area contributed by atoms with Gasteiger partial charge in [-0.1, -0.05) is 18.2 Å². The molecule has 1 aromatic carbocycles. The van der Waals surface area contributed by atoms with E-state index in [9.17, 15) is 9.59 Å². The first-order valence-electron chi connectivity index (χ1n) is 7.61. The summed E-state index contributed by atoms with van der Waals surface area (Å²) in [4.78, 5) is 23.7. The van der Waals surface area contributed by atoms with E-state index in [-0.39, 0.29) is 18.9 Å². The fourth-order valence-corrected chi connectivity index (χ4v) is 2.81. The van der Waals surface area contributed by atoms with Crippen molar-refractivity contribution in [1.29, 1.82) is 0 Å². The molecule has 0 spiro atoms. The maximum Gasteiger partial charge on any atom is 0.330 e. The van der Waals surface area contributed by atoms with E-state index in [4.69, 9.17) is 4.74 Å². The molecular weight excluding hydrogens is 282 g/mol. The Morgan fingerprint density at radius 2 is 1.91 bits per heavy atom. The summed E-state index contributed by atoms with van der Waals surface area (Å²) in [6, 6.07) is 5.45. The zero-order chi connectivity index (χ0) is 15.9. The molecule has 0 aromatic heterocycles. The van der Waals surface area contributed by atoms with Gasteiger partial charge in [-0.15, -0.1) is 0 Å². The van der Waals surface area contributed by atoms with E-state index in [1.54, 1.807) is 0 Å². The second-order valence-electron chi connectivity index (χ2n) is 5.59. The molecule has 2 rings (SSSR count). The molecule has 22 heavy (non-hydrogen) atoms. The minimum absolute atomic E-state index is 0.0998. The number of rotatable bonds is 6. The molecule has 1 aromatic rings. The van der Waals surface area contributed by atoms with E-state index >= 15 is 0 Å². The summed E-state index contributed by atoms with van der Waals surface area (Å²) in [6.07, 6.45) is 4.91. The Hall–Kier alpha value is -1.88. The van der Waals surface area contributed by atoms with Crippen LogP contribution in [0.3, 0.4) is 0 Å². The van der Waals surface area contributed by atoms with Crippen molar-refractivity contribution in [2.45, 2.75) is 38.1 Å². The third-order valence-electron chi connectivity index (χ3n) is 3.93. The lowest BCUT2D eigenvalue weighted by molar-refractivity contribution is -0.146. The first-order valence-corrected chi connectivity index (χ1v) is 7.61. The molecule has 1 atom stereocenters. The molecule has 0 bridgehead atoms. The average molecular weight is 305 g/mol. The quantitative estimate of drug-likeness (QED) is 0.807. The predicted molar refractivity (Wildman–Crippen MR) is 82.6 cm³/mol. The van der Waals surface area contributed by atoms with Crippen LogP contribution in [0.25, 0.3) is 0 Å². The molecule has 0 aliphatic heterocycles. The maximum atomic E-state index is 12.1. The van der Waals surface area contributed by atoms with E-state index in [1.807, 2.05) is 6.07 Å². The Kier molecular flexibility index (Phi) is 5.95. The first kappa shape index (κ1) is 16.5. The van der Waals surface area contributed by atoms with Crippen LogP contribution in [0.4, 0.5) is 0 Å². The van der Waals surface area contributed by atoms with Gasteiger partial charge in [-0.25, -0.2) is 4.79 Å². The molecule has 0 heterocycles. The molecule has 1 aliphatic carbocycles. The highest BCUT2D eigenvalue weighted by Crippen LogP contribution is 2.22. The van der Waals surface area contributed by atoms with Crippen molar-refractivity contribution < 1.29 is 19.1 Å². The molecule has 1 N–H and O–H groups in total. The molecular formula is C17H23NO4. The summed E-state index contributed by atoms with van der Waals surface area (Å²) in [6.45, 7) is 0.0998. The van der Waals surface area contributed by atoms with Crippen LogP contribution in [0.5, 0.6) is 0 Å². The highest BCUT2D eigenvalue weighted by Gasteiger charge is 2.21. The zero-order valence-corrected chi connectivity index (χ0v) is 13.2. The third kappa shape index (κ3) is 4.31. The van der Waals surface area contributed by atoms with Crippen molar-refractivity contribution in [3.8, 4) is 0 Å². The smallest absolute Gasteiger partial charge is 0.330 e. The molecule has 0 unspecified atom stereocenters. The van der Waals surface area contributed by atoms with Gasteiger partial charge in [0.2, 0.25) is 5.91 Å². The number of aryl methyl sites for hydroxylation is 2. The Bertz CT molecular complexity index is 541. The van der Waals surface area contributed by atoms with Crippen molar-refractivity contribution in [2.24, 2.45) is 0 Å². The lowest BCUT2D eigenvalue weighted by atomic mass is 9.90. The number of benzene rings is 1. The number of hydrogen-bond acceptors (Lipinski definition) is 4. The van der Waals surface area contributed by atoms with Crippen LogP contribution in [-0.2, 0) is 38.3 Å². The number of ether oxygens (including phenoxy) is 2. The molecule has 1 aliphatic rings. The highest BCUT2D eigenvalue weighted by atomic mass is 16.5. The fraction of sp³-hybridized carbons (Fsp3) is 0.529. The standard InChI is InChI=1S/C17H23NO4/c1-21-11-15(17(20)22-2)18-16(19)10-12-7-8-13-5-3-4-6-14(13)9-12/h7-9,15H,3-6,10-11H2,1-2H3,(H,18,19)/t15-/m1/s1. The van der Waals surface area contributed by atoms with Gasteiger partial charge in [-0.3, -0.25) is 4.79 Å². The number of carbonyl (C=O) groups is 2. The van der Waals surface area contributed by atoms with Crippen molar-refractivity contribution >= 4 is 11.9 Å². The van der Waals surface area contributed by atoms with Gasteiger partial charge in [0.05, 0.1) is 20.1 Å². The average Bonchev–Trinajstić information content (AvgIpc) is 2.53. The maximum absolute atomic E-state index is 12.1. The van der Waals surface area contributed by atoms with Gasteiger partial charge in [-0.05, 0) is 42.4 Å². The Labute approximate surface area is 131 Å². The van der Waals surface area contributed by atoms with Gasteiger partial charge in [0.15, 0.2) is 6.04 Å². The lowest BCUT2D eigenvalue weighted by Crippen LogP contribution is -2.45. The number of nitrogens with one attached hydrogen (secondary N) is 1. The van der Waals surface area contributed by atoms with Gasteiger partial charge in [0.25, 0.3) is 0 Å². The molecule has 0 saturated heterocycles. The van der Waals surface area contributed by atoms with Crippen LogP contribution in [0.1, 0.15) is 29.5 Å². The number of hydrogen-bond donors (Lipinski definition) is 1. The van der Waals surface area contributed by atoms with Gasteiger partial charge in [-0.2, -0.15) is 0 Å². The molecule has 1 amide bonds. The normalized spacial score (nSPS) is 14.8. The molecule has 0 saturated carbocycles. The van der Waals surface area contributed by atoms with E-state index in [0.29, 0.717) is 0 Å². The lowest BCUT2D eigenvalue weighted by Gasteiger charge is -2.18. The number of methoxy groups -OCH3 is 2. The Balaban J connectivity index is 1.97. The van der Waals surface area contributed by atoms with Crippen LogP contribution >= 0.6 is 0 Å². The summed E-state index contributed by atoms with van der Waals surface area (Å²) >= 11 is 0. The van der Waals surface area contributed by atoms with E-state index in [1.165, 1.54) is 38.2 Å². The number of carbonyl (C=O) groups excluding carboxylic acids is 2. The molecule has 0 fully saturated rings. The minimum atomic E-state index is -0.764. The monoisotopic (exact) mass is 305 g/mol. The van der Waals surface area contributed by atoms with Crippen molar-refractivity contribution in [3.05, 3.63) is 34.9 Å². The topological polar surface area (TPSA) is 64.6 Å². The Morgan fingerprint density at radius 1 is 1.18 bits per heavy atom. The van der Waals surface area contributed by atoms with Crippen LogP contribution in [0.2, 0.25) is 0 Å². The summed E-state index contributed by atoms with van der Waals surface area (Å²) in [7, 11) is 2.77. The predicted octanol–water partition coefficient (Wildman–Crippen LogP) is 1.41. The van der Waals surface area contributed by atoms with Crippen molar-refractivity contribution in [3.63, 3.8) is 0 Å². The highest BCUT2D eigenvalue weighted by molar-refractivity contribution is 5.85. The number of esters is 1.